The Labute approximate surface area is 189 Å². The average molecular weight is 428 g/mol. The first-order chi connectivity index (χ1) is 15.7. The van der Waals surface area contributed by atoms with E-state index in [1.165, 1.54) is 11.1 Å². The number of rotatable bonds is 5. The molecular formula is C26H29N5O. The highest BCUT2D eigenvalue weighted by molar-refractivity contribution is 6.03. The number of nitrogens with one attached hydrogen (secondary N) is 1. The van der Waals surface area contributed by atoms with Crippen LogP contribution in [0.4, 0.5) is 17.5 Å². The molecule has 0 atom stereocenters. The fourth-order valence-electron chi connectivity index (χ4n) is 4.46. The van der Waals surface area contributed by atoms with E-state index in [1.807, 2.05) is 12.1 Å². The molecule has 32 heavy (non-hydrogen) atoms. The monoisotopic (exact) mass is 427 g/mol. The predicted octanol–water partition coefficient (Wildman–Crippen LogP) is 4.37. The number of Topliss-reactive ketones (excluding diaryl/α,β-unsaturated/α-hetero) is 1. The minimum absolute atomic E-state index is 0.139. The maximum Gasteiger partial charge on any atom is 0.227 e. The zero-order chi connectivity index (χ0) is 21.9. The van der Waals surface area contributed by atoms with Crippen LogP contribution in [-0.4, -0.2) is 46.8 Å². The molecule has 1 saturated heterocycles. The summed E-state index contributed by atoms with van der Waals surface area (Å²) in [5, 5.41) is 3.40. The molecule has 2 aromatic carbocycles. The number of ketones is 1. The minimum atomic E-state index is 0.139. The zero-order valence-electron chi connectivity index (χ0n) is 18.6. The van der Waals surface area contributed by atoms with Crippen LogP contribution in [0.1, 0.15) is 40.0 Å². The van der Waals surface area contributed by atoms with Gasteiger partial charge in [0.25, 0.3) is 0 Å². The van der Waals surface area contributed by atoms with Crippen molar-refractivity contribution in [3.8, 4) is 0 Å². The highest BCUT2D eigenvalue weighted by Crippen LogP contribution is 2.30. The van der Waals surface area contributed by atoms with Gasteiger partial charge in [-0.3, -0.25) is 9.69 Å². The molecule has 5 rings (SSSR count). The number of aromatic nitrogens is 2. The van der Waals surface area contributed by atoms with E-state index in [-0.39, 0.29) is 5.78 Å². The van der Waals surface area contributed by atoms with Crippen molar-refractivity contribution in [3.05, 3.63) is 77.0 Å². The quantitative estimate of drug-likeness (QED) is 0.652. The molecule has 0 amide bonds. The largest absolute Gasteiger partial charge is 0.339 e. The number of hydrogen-bond donors (Lipinski definition) is 1. The first kappa shape index (κ1) is 20.6. The fraction of sp³-hybridized carbons (Fsp3) is 0.346. The van der Waals surface area contributed by atoms with Gasteiger partial charge in [-0.05, 0) is 37.5 Å². The van der Waals surface area contributed by atoms with Crippen LogP contribution in [0.2, 0.25) is 0 Å². The molecule has 1 aliphatic heterocycles. The van der Waals surface area contributed by atoms with Gasteiger partial charge in [0.05, 0.1) is 11.3 Å². The van der Waals surface area contributed by atoms with Gasteiger partial charge >= 0.3 is 0 Å². The third kappa shape index (κ3) is 4.50. The second-order valence-corrected chi connectivity index (χ2v) is 8.71. The molecule has 0 radical (unpaired) electrons. The third-order valence-corrected chi connectivity index (χ3v) is 6.29. The van der Waals surface area contributed by atoms with Crippen molar-refractivity contribution >= 4 is 23.2 Å². The molecule has 6 heteroatoms. The molecule has 3 aromatic rings. The normalized spacial score (nSPS) is 16.7. The molecule has 1 aliphatic carbocycles. The number of aryl methyl sites for hydroxylation is 2. The maximum atomic E-state index is 12.7. The lowest BCUT2D eigenvalue weighted by molar-refractivity contribution is 0.0972. The zero-order valence-corrected chi connectivity index (χ0v) is 18.6. The summed E-state index contributed by atoms with van der Waals surface area (Å²) >= 11 is 0. The molecule has 0 saturated carbocycles. The van der Waals surface area contributed by atoms with E-state index < -0.39 is 0 Å². The summed E-state index contributed by atoms with van der Waals surface area (Å²) in [5.74, 6) is 1.51. The van der Waals surface area contributed by atoms with E-state index in [0.717, 1.165) is 62.9 Å². The van der Waals surface area contributed by atoms with Crippen molar-refractivity contribution in [2.75, 3.05) is 36.4 Å². The lowest BCUT2D eigenvalue weighted by Crippen LogP contribution is -2.46. The lowest BCUT2D eigenvalue weighted by Gasteiger charge is -2.35. The summed E-state index contributed by atoms with van der Waals surface area (Å²) in [6.07, 6.45) is 2.25. The van der Waals surface area contributed by atoms with E-state index in [1.54, 1.807) is 0 Å². The van der Waals surface area contributed by atoms with Crippen LogP contribution < -0.4 is 10.2 Å². The number of anilines is 3. The van der Waals surface area contributed by atoms with Crippen LogP contribution in [0, 0.1) is 6.92 Å². The minimum Gasteiger partial charge on any atom is -0.339 e. The summed E-state index contributed by atoms with van der Waals surface area (Å²) in [4.78, 5) is 27.1. The number of nitrogens with zero attached hydrogens (tertiary/aromatic N) is 4. The van der Waals surface area contributed by atoms with Gasteiger partial charge in [0.1, 0.15) is 5.82 Å². The first-order valence-corrected chi connectivity index (χ1v) is 11.4. The van der Waals surface area contributed by atoms with Gasteiger partial charge in [0.15, 0.2) is 5.78 Å². The van der Waals surface area contributed by atoms with Gasteiger partial charge in [-0.2, -0.15) is 4.98 Å². The maximum absolute atomic E-state index is 12.7. The number of piperazine rings is 1. The van der Waals surface area contributed by atoms with Gasteiger partial charge in [-0.1, -0.05) is 48.0 Å². The summed E-state index contributed by atoms with van der Waals surface area (Å²) in [6, 6.07) is 18.8. The molecule has 1 fully saturated rings. The van der Waals surface area contributed by atoms with Crippen molar-refractivity contribution in [3.63, 3.8) is 0 Å². The topological polar surface area (TPSA) is 61.4 Å². The Bertz CT molecular complexity index is 1090. The number of fused-ring (bicyclic) bond motifs is 1. The van der Waals surface area contributed by atoms with Crippen LogP contribution in [-0.2, 0) is 13.0 Å². The second kappa shape index (κ2) is 9.09. The van der Waals surface area contributed by atoms with Crippen LogP contribution in [0.3, 0.4) is 0 Å². The van der Waals surface area contributed by atoms with Gasteiger partial charge in [-0.15, -0.1) is 0 Å². The Morgan fingerprint density at radius 1 is 0.906 bits per heavy atom. The van der Waals surface area contributed by atoms with Crippen molar-refractivity contribution in [2.45, 2.75) is 32.7 Å². The predicted molar refractivity (Wildman–Crippen MR) is 128 cm³/mol. The van der Waals surface area contributed by atoms with Crippen molar-refractivity contribution in [2.24, 2.45) is 0 Å². The molecule has 0 spiro atoms. The molecule has 1 N–H and O–H groups in total. The SMILES string of the molecule is Cc1ccc(Nc2nc(N3CCN(Cc4ccccc4)CC3)nc3c2C(=O)CCC3)cc1. The molecular weight excluding hydrogens is 398 g/mol. The van der Waals surface area contributed by atoms with Gasteiger partial charge in [0, 0.05) is 44.8 Å². The van der Waals surface area contributed by atoms with Crippen LogP contribution in [0.5, 0.6) is 0 Å². The van der Waals surface area contributed by atoms with Gasteiger partial charge in [-0.25, -0.2) is 4.98 Å². The average Bonchev–Trinajstić information content (AvgIpc) is 2.82. The Kier molecular flexibility index (Phi) is 5.86. The standard InChI is InChI=1S/C26H29N5O/c1-19-10-12-21(13-11-19)27-25-24-22(8-5-9-23(24)32)28-26(29-25)31-16-14-30(15-17-31)18-20-6-3-2-4-7-20/h2-4,6-7,10-13H,5,8-9,14-18H2,1H3,(H,27,28,29). The van der Waals surface area contributed by atoms with E-state index in [0.29, 0.717) is 17.8 Å². The summed E-state index contributed by atoms with van der Waals surface area (Å²) in [5.41, 5.74) is 5.03. The molecule has 0 bridgehead atoms. The number of hydrogen-bond acceptors (Lipinski definition) is 6. The fourth-order valence-corrected chi connectivity index (χ4v) is 4.46. The Morgan fingerprint density at radius 2 is 1.66 bits per heavy atom. The molecule has 164 valence electrons. The lowest BCUT2D eigenvalue weighted by atomic mass is 9.95. The Balaban J connectivity index is 1.36. The van der Waals surface area contributed by atoms with E-state index in [4.69, 9.17) is 9.97 Å². The number of benzene rings is 2. The number of carbonyl (C=O) groups excluding carboxylic acids is 1. The van der Waals surface area contributed by atoms with Crippen molar-refractivity contribution < 1.29 is 4.79 Å². The van der Waals surface area contributed by atoms with Crippen molar-refractivity contribution in [1.29, 1.82) is 0 Å². The van der Waals surface area contributed by atoms with Crippen molar-refractivity contribution in [1.82, 2.24) is 14.9 Å². The van der Waals surface area contributed by atoms with Crippen LogP contribution >= 0.6 is 0 Å². The molecule has 1 aromatic heterocycles. The Morgan fingerprint density at radius 3 is 2.41 bits per heavy atom. The summed E-state index contributed by atoms with van der Waals surface area (Å²) < 4.78 is 0. The van der Waals surface area contributed by atoms with Crippen LogP contribution in [0.15, 0.2) is 54.6 Å². The smallest absolute Gasteiger partial charge is 0.227 e. The van der Waals surface area contributed by atoms with Gasteiger partial charge in [0.2, 0.25) is 5.95 Å². The number of carbonyl (C=O) groups is 1. The molecule has 2 aliphatic rings. The molecule has 6 nitrogen and oxygen atoms in total. The Hall–Kier alpha value is -3.25. The second-order valence-electron chi connectivity index (χ2n) is 8.71. The summed E-state index contributed by atoms with van der Waals surface area (Å²) in [6.45, 7) is 6.72. The van der Waals surface area contributed by atoms with Crippen LogP contribution in [0.25, 0.3) is 0 Å². The first-order valence-electron chi connectivity index (χ1n) is 11.4. The van der Waals surface area contributed by atoms with E-state index in [2.05, 4.69) is 64.5 Å². The summed E-state index contributed by atoms with van der Waals surface area (Å²) in [7, 11) is 0. The third-order valence-electron chi connectivity index (χ3n) is 6.29. The van der Waals surface area contributed by atoms with E-state index in [9.17, 15) is 4.79 Å². The van der Waals surface area contributed by atoms with E-state index >= 15 is 0 Å². The highest BCUT2D eigenvalue weighted by atomic mass is 16.1. The highest BCUT2D eigenvalue weighted by Gasteiger charge is 2.27. The molecule has 2 heterocycles. The van der Waals surface area contributed by atoms with Gasteiger partial charge < -0.3 is 10.2 Å². The molecule has 0 unspecified atom stereocenters.